The van der Waals surface area contributed by atoms with Gasteiger partial charge in [0.15, 0.2) is 5.78 Å². The van der Waals surface area contributed by atoms with Gasteiger partial charge in [0.1, 0.15) is 11.2 Å². The molecule has 0 heterocycles. The molecule has 1 saturated carbocycles. The number of hydrogen-bond acceptors (Lipinski definition) is 7. The lowest BCUT2D eigenvalue weighted by Crippen LogP contribution is -2.67. The summed E-state index contributed by atoms with van der Waals surface area (Å²) in [4.78, 5) is 49.9. The average molecular weight is 372 g/mol. The normalized spacial score (nSPS) is 20.3. The average Bonchev–Trinajstić information content (AvgIpc) is 2.82. The number of nitrogens with one attached hydrogen (secondary N) is 1. The van der Waals surface area contributed by atoms with Gasteiger partial charge in [0.2, 0.25) is 5.54 Å². The SMILES string of the molecule is COC(=O)[C@@]1(N(NC(=O)OC(C)(C)C)C(=O)OC(C)(C)C)CCCC1=O. The Bertz CT molecular complexity index is 589. The first-order valence-electron chi connectivity index (χ1n) is 8.37. The van der Waals surface area contributed by atoms with Gasteiger partial charge >= 0.3 is 18.2 Å². The molecule has 0 bridgehead atoms. The lowest BCUT2D eigenvalue weighted by molar-refractivity contribution is -0.161. The third kappa shape index (κ3) is 5.09. The van der Waals surface area contributed by atoms with Gasteiger partial charge in [0, 0.05) is 6.42 Å². The first-order chi connectivity index (χ1) is 11.7. The smallest absolute Gasteiger partial charge is 0.430 e. The molecule has 0 saturated heterocycles. The quantitative estimate of drug-likeness (QED) is 0.343. The Labute approximate surface area is 153 Å². The molecule has 2 amide bonds. The number of ketones is 1. The van der Waals surface area contributed by atoms with Crippen molar-refractivity contribution in [3.63, 3.8) is 0 Å². The zero-order valence-corrected chi connectivity index (χ0v) is 16.4. The van der Waals surface area contributed by atoms with Crippen LogP contribution in [0.15, 0.2) is 0 Å². The third-order valence-corrected chi connectivity index (χ3v) is 3.49. The second-order valence-electron chi connectivity index (χ2n) is 8.06. The lowest BCUT2D eigenvalue weighted by atomic mass is 9.96. The van der Waals surface area contributed by atoms with Crippen LogP contribution in [0.5, 0.6) is 0 Å². The van der Waals surface area contributed by atoms with Gasteiger partial charge in [0.25, 0.3) is 0 Å². The summed E-state index contributed by atoms with van der Waals surface area (Å²) in [5, 5.41) is 0.605. The largest absolute Gasteiger partial charge is 0.467 e. The maximum absolute atomic E-state index is 12.7. The molecule has 9 nitrogen and oxygen atoms in total. The highest BCUT2D eigenvalue weighted by molar-refractivity contribution is 6.12. The predicted molar refractivity (Wildman–Crippen MR) is 91.0 cm³/mol. The third-order valence-electron chi connectivity index (χ3n) is 3.49. The zero-order chi connectivity index (χ0) is 20.3. The van der Waals surface area contributed by atoms with Crippen LogP contribution >= 0.6 is 0 Å². The van der Waals surface area contributed by atoms with E-state index in [4.69, 9.17) is 14.2 Å². The Morgan fingerprint density at radius 2 is 1.58 bits per heavy atom. The number of amides is 2. The van der Waals surface area contributed by atoms with Crippen molar-refractivity contribution in [3.8, 4) is 0 Å². The number of carbonyl (C=O) groups is 4. The molecule has 0 aromatic carbocycles. The van der Waals surface area contributed by atoms with Crippen LogP contribution in [-0.4, -0.2) is 52.8 Å². The number of Topliss-reactive ketones (excluding diaryl/α,β-unsaturated/α-hetero) is 1. The molecule has 0 aromatic rings. The summed E-state index contributed by atoms with van der Waals surface area (Å²) in [5.41, 5.74) is -1.54. The number of methoxy groups -OCH3 is 1. The van der Waals surface area contributed by atoms with Crippen molar-refractivity contribution in [2.45, 2.75) is 77.5 Å². The summed E-state index contributed by atoms with van der Waals surface area (Å²) in [6.07, 6.45) is -1.60. The molecular weight excluding hydrogens is 344 g/mol. The van der Waals surface area contributed by atoms with Gasteiger partial charge in [-0.15, -0.1) is 0 Å². The highest BCUT2D eigenvalue weighted by Crippen LogP contribution is 2.34. The Balaban J connectivity index is 3.29. The molecule has 148 valence electrons. The Morgan fingerprint density at radius 1 is 1.04 bits per heavy atom. The second-order valence-corrected chi connectivity index (χ2v) is 8.06. The maximum atomic E-state index is 12.7. The number of rotatable bonds is 2. The molecule has 1 N–H and O–H groups in total. The fourth-order valence-electron chi connectivity index (χ4n) is 2.56. The van der Waals surface area contributed by atoms with Gasteiger partial charge in [-0.25, -0.2) is 19.8 Å². The molecule has 0 unspecified atom stereocenters. The van der Waals surface area contributed by atoms with Crippen LogP contribution < -0.4 is 5.43 Å². The highest BCUT2D eigenvalue weighted by Gasteiger charge is 2.58. The minimum absolute atomic E-state index is 0.00749. The molecule has 0 radical (unpaired) electrons. The van der Waals surface area contributed by atoms with E-state index in [2.05, 4.69) is 5.43 Å². The molecule has 9 heteroatoms. The van der Waals surface area contributed by atoms with E-state index < -0.39 is 40.7 Å². The number of hydrogen-bond donors (Lipinski definition) is 1. The molecule has 1 rings (SSSR count). The molecular formula is C17H28N2O7. The molecule has 0 spiro atoms. The number of ether oxygens (including phenoxy) is 3. The van der Waals surface area contributed by atoms with E-state index in [0.29, 0.717) is 11.4 Å². The van der Waals surface area contributed by atoms with Crippen LogP contribution in [0.4, 0.5) is 9.59 Å². The van der Waals surface area contributed by atoms with Gasteiger partial charge < -0.3 is 14.2 Å². The second kappa shape index (κ2) is 7.51. The van der Waals surface area contributed by atoms with Crippen molar-refractivity contribution in [1.29, 1.82) is 0 Å². The van der Waals surface area contributed by atoms with Crippen LogP contribution in [-0.2, 0) is 23.8 Å². The Kier molecular flexibility index (Phi) is 6.27. The molecule has 1 fully saturated rings. The van der Waals surface area contributed by atoms with Crippen LogP contribution in [0.1, 0.15) is 60.8 Å². The summed E-state index contributed by atoms with van der Waals surface area (Å²) in [5.74, 6) is -1.48. The molecule has 0 aromatic heterocycles. The number of hydrazine groups is 1. The first-order valence-corrected chi connectivity index (χ1v) is 8.37. The van der Waals surface area contributed by atoms with E-state index in [1.54, 1.807) is 41.5 Å². The molecule has 1 aliphatic carbocycles. The maximum Gasteiger partial charge on any atom is 0.430 e. The van der Waals surface area contributed by atoms with Crippen LogP contribution in [0.25, 0.3) is 0 Å². The van der Waals surface area contributed by atoms with E-state index in [0.717, 1.165) is 7.11 Å². The fourth-order valence-corrected chi connectivity index (χ4v) is 2.56. The van der Waals surface area contributed by atoms with Crippen molar-refractivity contribution in [3.05, 3.63) is 0 Å². The van der Waals surface area contributed by atoms with Crippen molar-refractivity contribution in [1.82, 2.24) is 10.4 Å². The summed E-state index contributed by atoms with van der Waals surface area (Å²) in [7, 11) is 1.11. The lowest BCUT2D eigenvalue weighted by Gasteiger charge is -2.37. The van der Waals surface area contributed by atoms with Gasteiger partial charge in [0.05, 0.1) is 7.11 Å². The zero-order valence-electron chi connectivity index (χ0n) is 16.4. The predicted octanol–water partition coefficient (Wildman–Crippen LogP) is 2.33. The standard InChI is InChI=1S/C17H28N2O7/c1-15(2,3)25-13(22)18-19(14(23)26-16(4,5)6)17(12(21)24-7)10-8-9-11(17)20/h8-10H2,1-7H3,(H,18,22)/t17-/m1/s1. The van der Waals surface area contributed by atoms with E-state index >= 15 is 0 Å². The monoisotopic (exact) mass is 372 g/mol. The minimum atomic E-state index is -1.98. The van der Waals surface area contributed by atoms with E-state index in [1.807, 2.05) is 0 Å². The topological polar surface area (TPSA) is 111 Å². The van der Waals surface area contributed by atoms with Gasteiger partial charge in [-0.3, -0.25) is 4.79 Å². The van der Waals surface area contributed by atoms with Gasteiger partial charge in [-0.05, 0) is 54.4 Å². The van der Waals surface area contributed by atoms with Crippen LogP contribution in [0, 0.1) is 0 Å². The van der Waals surface area contributed by atoms with Crippen LogP contribution in [0.2, 0.25) is 0 Å². The fraction of sp³-hybridized carbons (Fsp3) is 0.765. The molecule has 1 atom stereocenters. The van der Waals surface area contributed by atoms with Crippen molar-refractivity contribution in [2.75, 3.05) is 7.11 Å². The summed E-state index contributed by atoms with van der Waals surface area (Å²) < 4.78 is 15.2. The summed E-state index contributed by atoms with van der Waals surface area (Å²) in [6, 6.07) is 0. The molecule has 26 heavy (non-hydrogen) atoms. The van der Waals surface area contributed by atoms with Crippen molar-refractivity contribution < 1.29 is 33.4 Å². The van der Waals surface area contributed by atoms with Gasteiger partial charge in [-0.1, -0.05) is 0 Å². The molecule has 0 aliphatic heterocycles. The van der Waals surface area contributed by atoms with E-state index in [1.165, 1.54) is 0 Å². The Hall–Kier alpha value is -2.32. The van der Waals surface area contributed by atoms with E-state index in [9.17, 15) is 19.2 Å². The number of nitrogens with zero attached hydrogens (tertiary/aromatic N) is 1. The minimum Gasteiger partial charge on any atom is -0.467 e. The summed E-state index contributed by atoms with van der Waals surface area (Å²) in [6.45, 7) is 9.79. The Morgan fingerprint density at radius 3 is 1.96 bits per heavy atom. The van der Waals surface area contributed by atoms with Gasteiger partial charge in [-0.2, -0.15) is 5.01 Å². The first kappa shape index (κ1) is 21.7. The van der Waals surface area contributed by atoms with E-state index in [-0.39, 0.29) is 12.8 Å². The van der Waals surface area contributed by atoms with Crippen molar-refractivity contribution in [2.24, 2.45) is 0 Å². The van der Waals surface area contributed by atoms with Crippen LogP contribution in [0.3, 0.4) is 0 Å². The highest BCUT2D eigenvalue weighted by atomic mass is 16.6. The van der Waals surface area contributed by atoms with Crippen molar-refractivity contribution >= 4 is 23.9 Å². The summed E-state index contributed by atoms with van der Waals surface area (Å²) >= 11 is 0. The number of carbonyl (C=O) groups excluding carboxylic acids is 4. The molecule has 1 aliphatic rings. The number of esters is 1.